The molecule has 1 aromatic carbocycles. The number of phenolic OH excluding ortho intramolecular Hbond substituents is 1. The average Bonchev–Trinajstić information content (AvgIpc) is 3.35. The molecule has 5 aliphatic rings. The number of likely N-dealkylation sites (tertiary alicyclic amines) is 2. The monoisotopic (exact) mass is 554 g/mol. The lowest BCUT2D eigenvalue weighted by Gasteiger charge is -2.49. The number of halogens is 1. The highest BCUT2D eigenvalue weighted by Gasteiger charge is 2.57. The van der Waals surface area contributed by atoms with Crippen molar-refractivity contribution in [2.24, 2.45) is 23.5 Å². The number of ketones is 2. The Balaban J connectivity index is 1.38. The molecule has 1 aromatic rings. The van der Waals surface area contributed by atoms with E-state index in [1.807, 2.05) is 9.80 Å². The third kappa shape index (κ3) is 4.00. The van der Waals surface area contributed by atoms with Crippen molar-refractivity contribution in [2.45, 2.75) is 38.1 Å². The minimum absolute atomic E-state index is 0.00670. The van der Waals surface area contributed by atoms with Gasteiger partial charge in [0, 0.05) is 30.3 Å². The number of Topliss-reactive ketones (excluding diaryl/α,β-unsaturated/α-hetero) is 2. The van der Waals surface area contributed by atoms with Crippen molar-refractivity contribution < 1.29 is 38.9 Å². The van der Waals surface area contributed by atoms with Crippen LogP contribution in [0.15, 0.2) is 23.0 Å². The molecule has 6 N–H and O–H groups in total. The fourth-order valence-corrected chi connectivity index (χ4v) is 7.15. The van der Waals surface area contributed by atoms with Gasteiger partial charge in [-0.2, -0.15) is 0 Å². The fraction of sp³-hybridized carbons (Fsp3) is 0.500. The van der Waals surface area contributed by atoms with Gasteiger partial charge in [0.2, 0.25) is 5.91 Å². The van der Waals surface area contributed by atoms with Crippen LogP contribution >= 0.6 is 0 Å². The number of rotatable bonds is 5. The summed E-state index contributed by atoms with van der Waals surface area (Å²) in [5.41, 5.74) is 4.13. The largest absolute Gasteiger partial charge is 0.510 e. The first-order valence-electron chi connectivity index (χ1n) is 13.6. The molecule has 2 saturated heterocycles. The normalized spacial score (nSPS) is 28.6. The number of benzene rings is 1. The molecule has 2 amide bonds. The summed E-state index contributed by atoms with van der Waals surface area (Å²) in [6.45, 7) is 2.79. The molecule has 0 spiro atoms. The number of hydrogen-bond donors (Lipinski definition) is 5. The van der Waals surface area contributed by atoms with Crippen molar-refractivity contribution in [1.29, 1.82) is 0 Å². The standard InChI is InChI=1S/C28H31FN4O7/c29-15-10-16(31-17(34)11-32-4-1-2-5-32)23(35)19-13(15)8-12-9-14-20(25(37)18(12)24(19)36)26(38)21(28(30)40)27(39)22(14)33-6-3-7-33/h10,12,14,20,22,35-36,39H,1-9,11H2,(H2,30,40)(H,31,34)/t12-,14+,20+,22-/m0/s1. The van der Waals surface area contributed by atoms with E-state index in [9.17, 15) is 34.5 Å². The van der Waals surface area contributed by atoms with Gasteiger partial charge in [-0.1, -0.05) is 0 Å². The molecule has 0 unspecified atom stereocenters. The molecule has 0 bridgehead atoms. The van der Waals surface area contributed by atoms with Gasteiger partial charge >= 0.3 is 0 Å². The molecule has 11 nitrogen and oxygen atoms in total. The van der Waals surface area contributed by atoms with E-state index >= 15 is 4.39 Å². The molecule has 1 saturated carbocycles. The van der Waals surface area contributed by atoms with Crippen LogP contribution in [0, 0.1) is 23.6 Å². The van der Waals surface area contributed by atoms with Crippen molar-refractivity contribution in [3.63, 3.8) is 0 Å². The summed E-state index contributed by atoms with van der Waals surface area (Å²) < 4.78 is 15.4. The Morgan fingerprint density at radius 2 is 1.75 bits per heavy atom. The molecule has 40 heavy (non-hydrogen) atoms. The number of aromatic hydroxyl groups is 1. The van der Waals surface area contributed by atoms with E-state index in [1.165, 1.54) is 0 Å². The Hall–Kier alpha value is -3.77. The van der Waals surface area contributed by atoms with Crippen LogP contribution in [-0.4, -0.2) is 87.3 Å². The summed E-state index contributed by atoms with van der Waals surface area (Å²) in [5, 5.41) is 35.7. The van der Waals surface area contributed by atoms with Crippen LogP contribution in [0.2, 0.25) is 0 Å². The second-order valence-corrected chi connectivity index (χ2v) is 11.4. The predicted molar refractivity (Wildman–Crippen MR) is 140 cm³/mol. The van der Waals surface area contributed by atoms with Gasteiger partial charge in [0.1, 0.15) is 22.9 Å². The molecule has 3 fully saturated rings. The number of primary amides is 1. The van der Waals surface area contributed by atoms with Crippen LogP contribution in [0.3, 0.4) is 0 Å². The zero-order valence-electron chi connectivity index (χ0n) is 21.8. The minimum atomic E-state index is -1.37. The number of nitrogens with one attached hydrogen (secondary N) is 1. The quantitative estimate of drug-likeness (QED) is 0.203. The Bertz CT molecular complexity index is 1410. The second-order valence-electron chi connectivity index (χ2n) is 11.4. The maximum atomic E-state index is 15.4. The Labute approximate surface area is 229 Å². The van der Waals surface area contributed by atoms with Crippen LogP contribution < -0.4 is 11.1 Å². The topological polar surface area (TPSA) is 173 Å². The third-order valence-corrected chi connectivity index (χ3v) is 9.08. The van der Waals surface area contributed by atoms with Gasteiger partial charge in [0.15, 0.2) is 17.3 Å². The lowest BCUT2D eigenvalue weighted by molar-refractivity contribution is -0.138. The third-order valence-electron chi connectivity index (χ3n) is 9.08. The number of carbonyl (C=O) groups excluding carboxylic acids is 4. The first kappa shape index (κ1) is 26.5. The first-order valence-corrected chi connectivity index (χ1v) is 13.6. The first-order chi connectivity index (χ1) is 19.1. The molecular formula is C28H31FN4O7. The zero-order valence-corrected chi connectivity index (χ0v) is 21.8. The van der Waals surface area contributed by atoms with Crippen molar-refractivity contribution >= 4 is 34.8 Å². The summed E-state index contributed by atoms with van der Waals surface area (Å²) in [5.74, 6) is -8.44. The summed E-state index contributed by atoms with van der Waals surface area (Å²) in [7, 11) is 0. The number of allylic oxidation sites excluding steroid dienone is 1. The number of aliphatic hydroxyl groups is 2. The smallest absolute Gasteiger partial charge is 0.255 e. The van der Waals surface area contributed by atoms with Crippen LogP contribution in [0.25, 0.3) is 5.76 Å². The fourth-order valence-electron chi connectivity index (χ4n) is 7.15. The lowest BCUT2D eigenvalue weighted by atomic mass is 9.59. The maximum Gasteiger partial charge on any atom is 0.255 e. The van der Waals surface area contributed by atoms with Crippen molar-refractivity contribution in [3.8, 4) is 5.75 Å². The van der Waals surface area contributed by atoms with Crippen LogP contribution in [0.1, 0.15) is 36.8 Å². The Morgan fingerprint density at radius 3 is 2.38 bits per heavy atom. The zero-order chi connectivity index (χ0) is 28.5. The maximum absolute atomic E-state index is 15.4. The van der Waals surface area contributed by atoms with Crippen molar-refractivity contribution in [1.82, 2.24) is 9.80 Å². The van der Waals surface area contributed by atoms with Crippen LogP contribution in [0.5, 0.6) is 5.75 Å². The van der Waals surface area contributed by atoms with Gasteiger partial charge in [-0.05, 0) is 57.0 Å². The van der Waals surface area contributed by atoms with Gasteiger partial charge in [-0.3, -0.25) is 29.0 Å². The van der Waals surface area contributed by atoms with E-state index in [1.54, 1.807) is 0 Å². The van der Waals surface area contributed by atoms with E-state index in [0.29, 0.717) is 13.1 Å². The summed E-state index contributed by atoms with van der Waals surface area (Å²) in [4.78, 5) is 55.7. The highest BCUT2D eigenvalue weighted by molar-refractivity contribution is 6.28. The van der Waals surface area contributed by atoms with E-state index < -0.39 is 75.8 Å². The number of nitrogens with two attached hydrogens (primary N) is 1. The number of aliphatic hydroxyl groups excluding tert-OH is 2. The SMILES string of the molecule is NC(=O)C1=C(O)[C@@H](N2CCC2)[C@@H]2C[C@@H]3Cc4c(F)cc(NC(=O)CN5CCCC5)c(O)c4C(O)=C3C(=O)[C@@H]2C1=O. The molecule has 3 aliphatic carbocycles. The van der Waals surface area contributed by atoms with Gasteiger partial charge in [-0.25, -0.2) is 4.39 Å². The number of phenols is 1. The molecule has 0 radical (unpaired) electrons. The van der Waals surface area contributed by atoms with E-state index in [2.05, 4.69) is 5.32 Å². The number of carbonyl (C=O) groups is 4. The highest BCUT2D eigenvalue weighted by atomic mass is 19.1. The Morgan fingerprint density at radius 1 is 1.05 bits per heavy atom. The van der Waals surface area contributed by atoms with Gasteiger partial charge < -0.3 is 26.4 Å². The van der Waals surface area contributed by atoms with Crippen molar-refractivity contribution in [3.05, 3.63) is 39.9 Å². The molecule has 212 valence electrons. The van der Waals surface area contributed by atoms with Crippen molar-refractivity contribution in [2.75, 3.05) is 38.0 Å². The van der Waals surface area contributed by atoms with Gasteiger partial charge in [0.25, 0.3) is 5.91 Å². The average molecular weight is 555 g/mol. The van der Waals surface area contributed by atoms with Crippen LogP contribution in [-0.2, 0) is 25.6 Å². The van der Waals surface area contributed by atoms with Gasteiger partial charge in [0.05, 0.1) is 29.8 Å². The summed E-state index contributed by atoms with van der Waals surface area (Å²) in [6.07, 6.45) is 2.91. The predicted octanol–water partition coefficient (Wildman–Crippen LogP) is 1.17. The molecule has 2 heterocycles. The van der Waals surface area contributed by atoms with E-state index in [-0.39, 0.29) is 41.8 Å². The summed E-state index contributed by atoms with van der Waals surface area (Å²) >= 11 is 0. The lowest BCUT2D eigenvalue weighted by Crippen LogP contribution is -2.59. The molecule has 2 aliphatic heterocycles. The number of nitrogens with zero attached hydrogens (tertiary/aromatic N) is 2. The van der Waals surface area contributed by atoms with E-state index in [0.717, 1.165) is 38.4 Å². The summed E-state index contributed by atoms with van der Waals surface area (Å²) in [6, 6.07) is 0.224. The molecular weight excluding hydrogens is 523 g/mol. The van der Waals surface area contributed by atoms with Crippen LogP contribution in [0.4, 0.5) is 10.1 Å². The molecule has 0 aromatic heterocycles. The number of fused-ring (bicyclic) bond motifs is 3. The number of hydrogen-bond acceptors (Lipinski definition) is 9. The molecule has 12 heteroatoms. The number of anilines is 1. The Kier molecular flexibility index (Phi) is 6.42. The van der Waals surface area contributed by atoms with Gasteiger partial charge in [-0.15, -0.1) is 0 Å². The highest BCUT2D eigenvalue weighted by Crippen LogP contribution is 2.52. The van der Waals surface area contributed by atoms with E-state index in [4.69, 9.17) is 5.73 Å². The minimum Gasteiger partial charge on any atom is -0.510 e. The number of amides is 2. The second kappa shape index (κ2) is 9.70. The molecule has 6 rings (SSSR count). The molecule has 4 atom stereocenters.